The van der Waals surface area contributed by atoms with Crippen LogP contribution < -0.4 is 9.46 Å². The first-order chi connectivity index (χ1) is 9.35. The Kier molecular flexibility index (Phi) is 3.71. The van der Waals surface area contributed by atoms with Crippen LogP contribution in [0.1, 0.15) is 16.7 Å². The fourth-order valence-corrected chi connectivity index (χ4v) is 3.22. The topological polar surface area (TPSA) is 81.4 Å². The summed E-state index contributed by atoms with van der Waals surface area (Å²) in [4.78, 5) is 0.193. The molecule has 1 aromatic carbocycles. The number of nitrogens with one attached hydrogen (secondary N) is 1. The summed E-state index contributed by atoms with van der Waals surface area (Å²) in [5.74, 6) is 0.844. The van der Waals surface area contributed by atoms with E-state index in [1.54, 1.807) is 40.0 Å². The molecule has 0 atom stereocenters. The van der Waals surface area contributed by atoms with Gasteiger partial charge in [-0.3, -0.25) is 4.72 Å². The highest BCUT2D eigenvalue weighted by molar-refractivity contribution is 7.92. The van der Waals surface area contributed by atoms with Crippen molar-refractivity contribution >= 4 is 15.8 Å². The normalized spacial score (nSPS) is 11.4. The Hall–Kier alpha value is -2.02. The molecular weight excluding hydrogens is 280 g/mol. The molecule has 0 saturated carbocycles. The molecule has 0 aliphatic carbocycles. The minimum Gasteiger partial charge on any atom is -0.496 e. The van der Waals surface area contributed by atoms with Crippen LogP contribution in [0.15, 0.2) is 27.8 Å². The van der Waals surface area contributed by atoms with Crippen LogP contribution in [0.5, 0.6) is 5.75 Å². The zero-order valence-corrected chi connectivity index (χ0v) is 12.5. The maximum absolute atomic E-state index is 12.4. The van der Waals surface area contributed by atoms with Gasteiger partial charge in [0.2, 0.25) is 0 Å². The van der Waals surface area contributed by atoms with Gasteiger partial charge in [0.15, 0.2) is 5.82 Å². The van der Waals surface area contributed by atoms with Crippen molar-refractivity contribution < 1.29 is 17.7 Å². The number of anilines is 1. The molecule has 0 aliphatic heterocycles. The summed E-state index contributed by atoms with van der Waals surface area (Å²) in [6.45, 7) is 5.21. The molecule has 0 fully saturated rings. The van der Waals surface area contributed by atoms with Gasteiger partial charge < -0.3 is 9.26 Å². The van der Waals surface area contributed by atoms with Gasteiger partial charge >= 0.3 is 0 Å². The number of benzene rings is 1. The van der Waals surface area contributed by atoms with Gasteiger partial charge in [0.05, 0.1) is 12.0 Å². The molecule has 7 heteroatoms. The van der Waals surface area contributed by atoms with Gasteiger partial charge in [-0.1, -0.05) is 5.16 Å². The summed E-state index contributed by atoms with van der Waals surface area (Å²) < 4.78 is 37.1. The van der Waals surface area contributed by atoms with Crippen molar-refractivity contribution in [3.05, 3.63) is 35.1 Å². The lowest BCUT2D eigenvalue weighted by molar-refractivity contribution is 0.411. The van der Waals surface area contributed by atoms with E-state index in [-0.39, 0.29) is 10.7 Å². The lowest BCUT2D eigenvalue weighted by atomic mass is 10.1. The molecular formula is C13H16N2O4S. The SMILES string of the molecule is COc1cc(C)c(S(=O)(=O)Nc2nocc2C)cc1C. The second-order valence-corrected chi connectivity index (χ2v) is 6.19. The number of hydrogen-bond acceptors (Lipinski definition) is 5. The third kappa shape index (κ3) is 2.62. The number of methoxy groups -OCH3 is 1. The van der Waals surface area contributed by atoms with Gasteiger partial charge in [0.1, 0.15) is 12.0 Å². The van der Waals surface area contributed by atoms with Crippen molar-refractivity contribution in [3.63, 3.8) is 0 Å². The summed E-state index contributed by atoms with van der Waals surface area (Å²) in [5.41, 5.74) is 1.97. The zero-order valence-electron chi connectivity index (χ0n) is 11.7. The molecule has 20 heavy (non-hydrogen) atoms. The van der Waals surface area contributed by atoms with Crippen LogP contribution in [0, 0.1) is 20.8 Å². The van der Waals surface area contributed by atoms with E-state index in [9.17, 15) is 8.42 Å². The van der Waals surface area contributed by atoms with Crippen LogP contribution in [0.3, 0.4) is 0 Å². The van der Waals surface area contributed by atoms with Gasteiger partial charge in [-0.2, -0.15) is 0 Å². The molecule has 0 spiro atoms. The summed E-state index contributed by atoms with van der Waals surface area (Å²) in [7, 11) is -2.16. The van der Waals surface area contributed by atoms with E-state index < -0.39 is 10.0 Å². The van der Waals surface area contributed by atoms with Crippen LogP contribution in [0.4, 0.5) is 5.82 Å². The monoisotopic (exact) mass is 296 g/mol. The molecule has 0 radical (unpaired) electrons. The predicted octanol–water partition coefficient (Wildman–Crippen LogP) is 2.41. The van der Waals surface area contributed by atoms with Crippen molar-refractivity contribution in [1.82, 2.24) is 5.16 Å². The summed E-state index contributed by atoms with van der Waals surface area (Å²) in [6.07, 6.45) is 1.38. The quantitative estimate of drug-likeness (QED) is 0.937. The fraction of sp³-hybridized carbons (Fsp3) is 0.308. The number of sulfonamides is 1. The zero-order chi connectivity index (χ0) is 14.9. The Morgan fingerprint density at radius 3 is 2.40 bits per heavy atom. The van der Waals surface area contributed by atoms with E-state index in [1.807, 2.05) is 0 Å². The van der Waals surface area contributed by atoms with E-state index in [4.69, 9.17) is 9.26 Å². The molecule has 0 unspecified atom stereocenters. The Bertz CT molecular complexity index is 735. The molecule has 108 valence electrons. The van der Waals surface area contributed by atoms with Crippen molar-refractivity contribution in [3.8, 4) is 5.75 Å². The largest absolute Gasteiger partial charge is 0.496 e. The first kappa shape index (κ1) is 14.4. The highest BCUT2D eigenvalue weighted by atomic mass is 32.2. The first-order valence-corrected chi connectivity index (χ1v) is 7.42. The van der Waals surface area contributed by atoms with Gasteiger partial charge in [-0.25, -0.2) is 8.42 Å². The summed E-state index contributed by atoms with van der Waals surface area (Å²) >= 11 is 0. The van der Waals surface area contributed by atoms with Crippen LogP contribution in [-0.2, 0) is 10.0 Å². The second kappa shape index (κ2) is 5.16. The molecule has 2 aromatic rings. The highest BCUT2D eigenvalue weighted by Gasteiger charge is 2.21. The third-order valence-corrected chi connectivity index (χ3v) is 4.44. The van der Waals surface area contributed by atoms with Crippen LogP contribution in [-0.4, -0.2) is 20.7 Å². The maximum Gasteiger partial charge on any atom is 0.263 e. The Morgan fingerprint density at radius 1 is 1.15 bits per heavy atom. The maximum atomic E-state index is 12.4. The standard InChI is InChI=1S/C13H16N2O4S/c1-8-6-12(9(2)5-11(8)18-4)20(16,17)15-13-10(3)7-19-14-13/h5-7H,1-4H3,(H,14,15). The number of ether oxygens (including phenoxy) is 1. The van der Waals surface area contributed by atoms with Gasteiger partial charge in [0, 0.05) is 5.56 Å². The fourth-order valence-electron chi connectivity index (χ4n) is 1.84. The van der Waals surface area contributed by atoms with Crippen LogP contribution in [0.25, 0.3) is 0 Å². The number of rotatable bonds is 4. The number of aromatic nitrogens is 1. The average molecular weight is 296 g/mol. The molecule has 0 aliphatic rings. The van der Waals surface area contributed by atoms with Crippen LogP contribution >= 0.6 is 0 Å². The first-order valence-electron chi connectivity index (χ1n) is 5.94. The molecule has 1 aromatic heterocycles. The summed E-state index contributed by atoms with van der Waals surface area (Å²) in [6, 6.07) is 3.27. The van der Waals surface area contributed by atoms with Gasteiger partial charge in [-0.05, 0) is 44.0 Å². The number of nitrogens with zero attached hydrogens (tertiary/aromatic N) is 1. The minimum atomic E-state index is -3.71. The molecule has 2 rings (SSSR count). The van der Waals surface area contributed by atoms with E-state index in [0.717, 1.165) is 5.56 Å². The average Bonchev–Trinajstić information content (AvgIpc) is 2.76. The van der Waals surface area contributed by atoms with Crippen LogP contribution in [0.2, 0.25) is 0 Å². The molecule has 6 nitrogen and oxygen atoms in total. The predicted molar refractivity (Wildman–Crippen MR) is 74.5 cm³/mol. The number of aryl methyl sites for hydroxylation is 3. The van der Waals surface area contributed by atoms with Gasteiger partial charge in [0.25, 0.3) is 10.0 Å². The summed E-state index contributed by atoms with van der Waals surface area (Å²) in [5, 5.41) is 3.62. The molecule has 1 heterocycles. The highest BCUT2D eigenvalue weighted by Crippen LogP contribution is 2.27. The minimum absolute atomic E-state index is 0.192. The van der Waals surface area contributed by atoms with Crippen molar-refractivity contribution in [2.24, 2.45) is 0 Å². The Morgan fingerprint density at radius 2 is 1.85 bits per heavy atom. The van der Waals surface area contributed by atoms with E-state index in [2.05, 4.69) is 9.88 Å². The molecule has 0 bridgehead atoms. The van der Waals surface area contributed by atoms with Crippen molar-refractivity contribution in [2.45, 2.75) is 25.7 Å². The van der Waals surface area contributed by atoms with Gasteiger partial charge in [-0.15, -0.1) is 0 Å². The van der Waals surface area contributed by atoms with E-state index in [1.165, 1.54) is 6.26 Å². The van der Waals surface area contributed by atoms with Crippen molar-refractivity contribution in [2.75, 3.05) is 11.8 Å². The smallest absolute Gasteiger partial charge is 0.263 e. The third-order valence-electron chi connectivity index (χ3n) is 2.96. The molecule has 0 saturated heterocycles. The Labute approximate surface area is 117 Å². The Balaban J connectivity index is 2.45. The molecule has 0 amide bonds. The lowest BCUT2D eigenvalue weighted by Gasteiger charge is -2.12. The van der Waals surface area contributed by atoms with Crippen molar-refractivity contribution in [1.29, 1.82) is 0 Å². The molecule has 1 N–H and O–H groups in total. The van der Waals surface area contributed by atoms with E-state index >= 15 is 0 Å². The van der Waals surface area contributed by atoms with E-state index in [0.29, 0.717) is 16.9 Å². The second-order valence-electron chi connectivity index (χ2n) is 4.54. The lowest BCUT2D eigenvalue weighted by Crippen LogP contribution is -2.15. The number of hydrogen-bond donors (Lipinski definition) is 1.